The highest BCUT2D eigenvalue weighted by Crippen LogP contribution is 2.25. The van der Waals surface area contributed by atoms with Gasteiger partial charge >= 0.3 is 0 Å². The molecular formula is C11H11Cl2N3. The second kappa shape index (κ2) is 4.76. The minimum absolute atomic E-state index is 0.615. The molecule has 0 saturated carbocycles. The molecule has 2 aromatic rings. The summed E-state index contributed by atoms with van der Waals surface area (Å²) in [6.07, 6.45) is 3.66. The molecule has 0 atom stereocenters. The third-order valence-corrected chi connectivity index (χ3v) is 2.85. The number of nitrogens with one attached hydrogen (secondary N) is 1. The van der Waals surface area contributed by atoms with E-state index < -0.39 is 0 Å². The summed E-state index contributed by atoms with van der Waals surface area (Å²) >= 11 is 11.9. The van der Waals surface area contributed by atoms with Gasteiger partial charge in [0, 0.05) is 24.5 Å². The molecule has 2 rings (SSSR count). The SMILES string of the molecule is Cn1ccnc1CNc1cc(Cl)ccc1Cl. The molecular weight excluding hydrogens is 245 g/mol. The third-order valence-electron chi connectivity index (χ3n) is 2.29. The lowest BCUT2D eigenvalue weighted by molar-refractivity contribution is 0.813. The van der Waals surface area contributed by atoms with Gasteiger partial charge < -0.3 is 9.88 Å². The Bertz CT molecular complexity index is 494. The van der Waals surface area contributed by atoms with E-state index in [9.17, 15) is 0 Å². The lowest BCUT2D eigenvalue weighted by atomic mass is 10.3. The topological polar surface area (TPSA) is 29.9 Å². The second-order valence-corrected chi connectivity index (χ2v) is 4.28. The summed E-state index contributed by atoms with van der Waals surface area (Å²) in [5.74, 6) is 0.941. The highest BCUT2D eigenvalue weighted by molar-refractivity contribution is 6.35. The van der Waals surface area contributed by atoms with Crippen molar-refractivity contribution in [2.45, 2.75) is 6.54 Å². The molecule has 84 valence electrons. The molecule has 1 N–H and O–H groups in total. The molecule has 1 aromatic carbocycles. The molecule has 0 aliphatic carbocycles. The Balaban J connectivity index is 2.10. The average Bonchev–Trinajstić information content (AvgIpc) is 2.66. The van der Waals surface area contributed by atoms with Gasteiger partial charge in [0.25, 0.3) is 0 Å². The maximum absolute atomic E-state index is 6.03. The lowest BCUT2D eigenvalue weighted by Crippen LogP contribution is -2.05. The van der Waals surface area contributed by atoms with Crippen LogP contribution < -0.4 is 5.32 Å². The summed E-state index contributed by atoms with van der Waals surface area (Å²) in [5, 5.41) is 4.51. The van der Waals surface area contributed by atoms with Gasteiger partial charge in [-0.05, 0) is 18.2 Å². The summed E-state index contributed by atoms with van der Waals surface area (Å²) in [4.78, 5) is 4.21. The van der Waals surface area contributed by atoms with E-state index in [-0.39, 0.29) is 0 Å². The smallest absolute Gasteiger partial charge is 0.127 e. The molecule has 0 radical (unpaired) electrons. The number of rotatable bonds is 3. The number of aryl methyl sites for hydroxylation is 1. The molecule has 0 aliphatic rings. The Labute approximate surface area is 104 Å². The van der Waals surface area contributed by atoms with Crippen LogP contribution in [0.25, 0.3) is 0 Å². The van der Waals surface area contributed by atoms with E-state index in [1.807, 2.05) is 17.8 Å². The molecule has 1 heterocycles. The van der Waals surface area contributed by atoms with Crippen molar-refractivity contribution in [3.8, 4) is 0 Å². The summed E-state index contributed by atoms with van der Waals surface area (Å²) in [5.41, 5.74) is 0.817. The zero-order valence-electron chi connectivity index (χ0n) is 8.74. The number of halogens is 2. The van der Waals surface area contributed by atoms with Gasteiger partial charge in [-0.2, -0.15) is 0 Å². The van der Waals surface area contributed by atoms with Crippen molar-refractivity contribution in [1.29, 1.82) is 0 Å². The first-order valence-electron chi connectivity index (χ1n) is 4.82. The van der Waals surface area contributed by atoms with E-state index in [2.05, 4.69) is 10.3 Å². The molecule has 0 saturated heterocycles. The standard InChI is InChI=1S/C11H11Cl2N3/c1-16-5-4-14-11(16)7-15-10-6-8(12)2-3-9(10)13/h2-6,15H,7H2,1H3. The highest BCUT2D eigenvalue weighted by atomic mass is 35.5. The average molecular weight is 256 g/mol. The summed E-state index contributed by atoms with van der Waals surface area (Å²) < 4.78 is 1.95. The van der Waals surface area contributed by atoms with Gasteiger partial charge in [-0.1, -0.05) is 23.2 Å². The first-order valence-corrected chi connectivity index (χ1v) is 5.57. The van der Waals surface area contributed by atoms with Crippen LogP contribution in [0.2, 0.25) is 10.0 Å². The fraction of sp³-hybridized carbons (Fsp3) is 0.182. The van der Waals surface area contributed by atoms with Crippen molar-refractivity contribution in [3.05, 3.63) is 46.5 Å². The van der Waals surface area contributed by atoms with E-state index in [0.717, 1.165) is 11.5 Å². The van der Waals surface area contributed by atoms with Crippen LogP contribution in [-0.2, 0) is 13.6 Å². The predicted molar refractivity (Wildman–Crippen MR) is 67.0 cm³/mol. The molecule has 3 nitrogen and oxygen atoms in total. The van der Waals surface area contributed by atoms with Gasteiger partial charge in [0.1, 0.15) is 5.82 Å². The molecule has 0 amide bonds. The van der Waals surface area contributed by atoms with Gasteiger partial charge in [-0.15, -0.1) is 0 Å². The fourth-order valence-electron chi connectivity index (χ4n) is 1.37. The number of benzene rings is 1. The molecule has 0 aliphatic heterocycles. The normalized spacial score (nSPS) is 10.4. The second-order valence-electron chi connectivity index (χ2n) is 3.43. The minimum atomic E-state index is 0.615. The van der Waals surface area contributed by atoms with Gasteiger partial charge in [-0.3, -0.25) is 0 Å². The van der Waals surface area contributed by atoms with Crippen molar-refractivity contribution in [2.75, 3.05) is 5.32 Å². The number of hydrogen-bond donors (Lipinski definition) is 1. The van der Waals surface area contributed by atoms with Gasteiger partial charge in [0.05, 0.1) is 17.3 Å². The molecule has 0 spiro atoms. The van der Waals surface area contributed by atoms with Crippen LogP contribution in [0.5, 0.6) is 0 Å². The highest BCUT2D eigenvalue weighted by Gasteiger charge is 2.03. The molecule has 0 unspecified atom stereocenters. The maximum Gasteiger partial charge on any atom is 0.127 e. The van der Waals surface area contributed by atoms with Gasteiger partial charge in [-0.25, -0.2) is 4.98 Å². The zero-order chi connectivity index (χ0) is 11.5. The number of aromatic nitrogens is 2. The van der Waals surface area contributed by atoms with Crippen LogP contribution in [0.4, 0.5) is 5.69 Å². The van der Waals surface area contributed by atoms with E-state index in [1.54, 1.807) is 24.4 Å². The lowest BCUT2D eigenvalue weighted by Gasteiger charge is -2.08. The monoisotopic (exact) mass is 255 g/mol. The Morgan fingerprint density at radius 1 is 1.38 bits per heavy atom. The van der Waals surface area contributed by atoms with Crippen LogP contribution in [0.1, 0.15) is 5.82 Å². The number of hydrogen-bond acceptors (Lipinski definition) is 2. The molecule has 0 bridgehead atoms. The fourth-order valence-corrected chi connectivity index (χ4v) is 1.73. The molecule has 5 heteroatoms. The quantitative estimate of drug-likeness (QED) is 0.912. The van der Waals surface area contributed by atoms with Gasteiger partial charge in [0.15, 0.2) is 0 Å². The molecule has 16 heavy (non-hydrogen) atoms. The Morgan fingerprint density at radius 3 is 2.88 bits per heavy atom. The third kappa shape index (κ3) is 2.49. The van der Waals surface area contributed by atoms with E-state index in [4.69, 9.17) is 23.2 Å². The Kier molecular flexibility index (Phi) is 3.36. The molecule has 1 aromatic heterocycles. The maximum atomic E-state index is 6.03. The Hall–Kier alpha value is -1.19. The van der Waals surface area contributed by atoms with Crippen LogP contribution in [0.15, 0.2) is 30.6 Å². The predicted octanol–water partition coefficient (Wildman–Crippen LogP) is 3.34. The number of anilines is 1. The largest absolute Gasteiger partial charge is 0.377 e. The van der Waals surface area contributed by atoms with Crippen molar-refractivity contribution < 1.29 is 0 Å². The van der Waals surface area contributed by atoms with Crippen molar-refractivity contribution >= 4 is 28.9 Å². The first kappa shape index (κ1) is 11.3. The summed E-state index contributed by atoms with van der Waals surface area (Å²) in [7, 11) is 1.95. The van der Waals surface area contributed by atoms with Crippen LogP contribution in [0.3, 0.4) is 0 Å². The van der Waals surface area contributed by atoms with Crippen LogP contribution >= 0.6 is 23.2 Å². The van der Waals surface area contributed by atoms with Crippen LogP contribution in [-0.4, -0.2) is 9.55 Å². The Morgan fingerprint density at radius 2 is 2.19 bits per heavy atom. The summed E-state index contributed by atoms with van der Waals surface area (Å²) in [6.45, 7) is 0.615. The molecule has 0 fully saturated rings. The van der Waals surface area contributed by atoms with Crippen LogP contribution in [0, 0.1) is 0 Å². The minimum Gasteiger partial charge on any atom is -0.377 e. The van der Waals surface area contributed by atoms with E-state index in [1.165, 1.54) is 0 Å². The summed E-state index contributed by atoms with van der Waals surface area (Å²) in [6, 6.07) is 5.33. The van der Waals surface area contributed by atoms with E-state index >= 15 is 0 Å². The van der Waals surface area contributed by atoms with Gasteiger partial charge in [0.2, 0.25) is 0 Å². The number of imidazole rings is 1. The number of nitrogens with zero attached hydrogens (tertiary/aromatic N) is 2. The van der Waals surface area contributed by atoms with Crippen molar-refractivity contribution in [2.24, 2.45) is 7.05 Å². The van der Waals surface area contributed by atoms with Crippen molar-refractivity contribution in [3.63, 3.8) is 0 Å². The van der Waals surface area contributed by atoms with Crippen molar-refractivity contribution in [1.82, 2.24) is 9.55 Å². The van der Waals surface area contributed by atoms with E-state index in [0.29, 0.717) is 16.6 Å². The first-order chi connectivity index (χ1) is 7.66. The zero-order valence-corrected chi connectivity index (χ0v) is 10.3.